The van der Waals surface area contributed by atoms with Crippen LogP contribution in [-0.4, -0.2) is 47.5 Å². The predicted molar refractivity (Wildman–Crippen MR) is 120 cm³/mol. The molecule has 2 aliphatic heterocycles. The van der Waals surface area contributed by atoms with Gasteiger partial charge in [0.25, 0.3) is 5.56 Å². The molecule has 0 bridgehead atoms. The number of anilines is 1. The van der Waals surface area contributed by atoms with E-state index in [4.69, 9.17) is 16.3 Å². The number of aromatic nitrogens is 2. The highest BCUT2D eigenvalue weighted by molar-refractivity contribution is 6.32. The molecule has 1 aromatic heterocycles. The van der Waals surface area contributed by atoms with Crippen LogP contribution in [-0.2, 0) is 4.74 Å². The summed E-state index contributed by atoms with van der Waals surface area (Å²) in [6.07, 6.45) is 5.03. The molecule has 0 radical (unpaired) electrons. The van der Waals surface area contributed by atoms with Gasteiger partial charge in [-0.2, -0.15) is 5.10 Å². The molecular weight excluding hydrogens is 438 g/mol. The van der Waals surface area contributed by atoms with Crippen molar-refractivity contribution in [2.75, 3.05) is 38.2 Å². The lowest BCUT2D eigenvalue weighted by Gasteiger charge is -2.36. The van der Waals surface area contributed by atoms with Crippen molar-refractivity contribution in [1.82, 2.24) is 14.7 Å². The molecule has 2 aliphatic rings. The quantitative estimate of drug-likeness (QED) is 0.683. The number of rotatable bonds is 6. The summed E-state index contributed by atoms with van der Waals surface area (Å²) in [5, 5.41) is 7.75. The number of benzene rings is 1. The highest BCUT2D eigenvalue weighted by Gasteiger charge is 2.29. The summed E-state index contributed by atoms with van der Waals surface area (Å²) in [4.78, 5) is 14.9. The molecule has 0 saturated carbocycles. The van der Waals surface area contributed by atoms with Crippen molar-refractivity contribution < 1.29 is 13.5 Å². The van der Waals surface area contributed by atoms with E-state index in [1.807, 2.05) is 4.90 Å². The molecule has 2 saturated heterocycles. The number of nitrogens with zero attached hydrogens (tertiary/aromatic N) is 3. The summed E-state index contributed by atoms with van der Waals surface area (Å²) in [6, 6.07) is 3.44. The van der Waals surface area contributed by atoms with Gasteiger partial charge in [-0.05, 0) is 50.7 Å². The lowest BCUT2D eigenvalue weighted by Crippen LogP contribution is -2.40. The molecule has 6 nitrogen and oxygen atoms in total. The molecule has 9 heteroatoms. The van der Waals surface area contributed by atoms with Gasteiger partial charge in [0.15, 0.2) is 0 Å². The highest BCUT2D eigenvalue weighted by Crippen LogP contribution is 2.31. The minimum absolute atomic E-state index is 0.0862. The third-order valence-corrected chi connectivity index (χ3v) is 6.95. The summed E-state index contributed by atoms with van der Waals surface area (Å²) in [7, 11) is 0. The maximum atomic E-state index is 14.2. The topological polar surface area (TPSA) is 59.4 Å². The molecular formula is C23H29ClF2N4O2. The fourth-order valence-electron chi connectivity index (χ4n) is 4.66. The summed E-state index contributed by atoms with van der Waals surface area (Å²) in [6.45, 7) is 5.22. The normalized spacial score (nSPS) is 21.4. The van der Waals surface area contributed by atoms with Gasteiger partial charge >= 0.3 is 0 Å². The number of ether oxygens (including phenoxy) is 1. The average Bonchev–Trinajstić information content (AvgIpc) is 2.81. The Morgan fingerprint density at radius 1 is 1.25 bits per heavy atom. The zero-order valence-electron chi connectivity index (χ0n) is 18.2. The number of hydrogen-bond acceptors (Lipinski definition) is 5. The Morgan fingerprint density at radius 2 is 1.97 bits per heavy atom. The maximum Gasteiger partial charge on any atom is 0.287 e. The lowest BCUT2D eigenvalue weighted by molar-refractivity contribution is 0.0595. The van der Waals surface area contributed by atoms with Gasteiger partial charge in [-0.25, -0.2) is 13.5 Å². The fraction of sp³-hybridized carbons (Fsp3) is 0.565. The van der Waals surface area contributed by atoms with Gasteiger partial charge in [-0.3, -0.25) is 9.69 Å². The van der Waals surface area contributed by atoms with E-state index in [9.17, 15) is 13.6 Å². The van der Waals surface area contributed by atoms with Gasteiger partial charge in [0, 0.05) is 37.8 Å². The summed E-state index contributed by atoms with van der Waals surface area (Å²) < 4.78 is 35.3. The highest BCUT2D eigenvalue weighted by atomic mass is 35.5. The molecule has 32 heavy (non-hydrogen) atoms. The van der Waals surface area contributed by atoms with E-state index in [0.29, 0.717) is 50.7 Å². The molecule has 0 amide bonds. The van der Waals surface area contributed by atoms with Crippen LogP contribution in [0.5, 0.6) is 0 Å². The van der Waals surface area contributed by atoms with Crippen LogP contribution in [0.25, 0.3) is 0 Å². The van der Waals surface area contributed by atoms with E-state index >= 15 is 0 Å². The van der Waals surface area contributed by atoms with Gasteiger partial charge in [-0.15, -0.1) is 0 Å². The Bertz CT molecular complexity index is 968. The number of piperidine rings is 1. The van der Waals surface area contributed by atoms with Crippen LogP contribution in [0.3, 0.4) is 0 Å². The van der Waals surface area contributed by atoms with Crippen LogP contribution in [0.2, 0.25) is 5.02 Å². The first kappa shape index (κ1) is 23.1. The van der Waals surface area contributed by atoms with Crippen LogP contribution < -0.4 is 10.9 Å². The maximum absolute atomic E-state index is 14.2. The molecule has 2 atom stereocenters. The van der Waals surface area contributed by atoms with Crippen molar-refractivity contribution in [3.63, 3.8) is 0 Å². The predicted octanol–water partition coefficient (Wildman–Crippen LogP) is 4.41. The standard InChI is InChI=1S/C23H29ClF2N4O2/c1-15(21-18(25)5-2-6-19(21)26)29-9-7-17(8-10-29)30-23(31)22(24)20(13-28-30)27-12-16-4-3-11-32-14-16/h2,5-6,13,15-17,27H,3-4,7-12,14H2,1H3/t15-,16?/m1/s1. The van der Waals surface area contributed by atoms with E-state index in [2.05, 4.69) is 10.4 Å². The van der Waals surface area contributed by atoms with Crippen LogP contribution in [0.4, 0.5) is 14.5 Å². The Hall–Kier alpha value is -2.03. The smallest absolute Gasteiger partial charge is 0.287 e. The first-order chi connectivity index (χ1) is 15.5. The lowest BCUT2D eigenvalue weighted by atomic mass is 9.99. The molecule has 0 aliphatic carbocycles. The third-order valence-electron chi connectivity index (χ3n) is 6.59. The van der Waals surface area contributed by atoms with Gasteiger partial charge in [0.2, 0.25) is 0 Å². The average molecular weight is 467 g/mol. The van der Waals surface area contributed by atoms with Crippen molar-refractivity contribution in [3.8, 4) is 0 Å². The molecule has 1 N–H and O–H groups in total. The van der Waals surface area contributed by atoms with Crippen molar-refractivity contribution in [1.29, 1.82) is 0 Å². The third kappa shape index (κ3) is 4.97. The number of likely N-dealkylation sites (tertiary alicyclic amines) is 1. The number of nitrogens with one attached hydrogen (secondary N) is 1. The van der Waals surface area contributed by atoms with Gasteiger partial charge < -0.3 is 10.1 Å². The Kier molecular flexibility index (Phi) is 7.43. The SMILES string of the molecule is C[C@H](c1c(F)cccc1F)N1CCC(n2ncc(NCC3CCCOC3)c(Cl)c2=O)CC1. The Labute approximate surface area is 191 Å². The second-order valence-electron chi connectivity index (χ2n) is 8.66. The van der Waals surface area contributed by atoms with Gasteiger partial charge in [0.05, 0.1) is 24.5 Å². The first-order valence-electron chi connectivity index (χ1n) is 11.2. The molecule has 4 rings (SSSR count). The largest absolute Gasteiger partial charge is 0.382 e. The Morgan fingerprint density at radius 3 is 2.62 bits per heavy atom. The molecule has 1 unspecified atom stereocenters. The van der Waals surface area contributed by atoms with Crippen molar-refractivity contribution in [2.45, 2.75) is 44.7 Å². The minimum Gasteiger partial charge on any atom is -0.382 e. The van der Waals surface area contributed by atoms with E-state index in [1.165, 1.54) is 22.9 Å². The zero-order chi connectivity index (χ0) is 22.7. The summed E-state index contributed by atoms with van der Waals surface area (Å²) in [5.74, 6) is -0.674. The second-order valence-corrected chi connectivity index (χ2v) is 9.04. The van der Waals surface area contributed by atoms with E-state index in [-0.39, 0.29) is 28.2 Å². The molecule has 3 heterocycles. The Balaban J connectivity index is 1.39. The van der Waals surface area contributed by atoms with Crippen molar-refractivity contribution in [3.05, 3.63) is 57.0 Å². The van der Waals surface area contributed by atoms with Crippen molar-refractivity contribution in [2.24, 2.45) is 5.92 Å². The van der Waals surface area contributed by atoms with Gasteiger partial charge in [-0.1, -0.05) is 17.7 Å². The molecule has 2 aromatic rings. The monoisotopic (exact) mass is 466 g/mol. The molecule has 2 fully saturated rings. The first-order valence-corrected chi connectivity index (χ1v) is 11.6. The summed E-state index contributed by atoms with van der Waals surface area (Å²) in [5.41, 5.74) is 0.311. The van der Waals surface area contributed by atoms with Crippen LogP contribution in [0, 0.1) is 17.6 Å². The molecule has 174 valence electrons. The van der Waals surface area contributed by atoms with Crippen LogP contribution >= 0.6 is 11.6 Å². The minimum atomic E-state index is -0.535. The van der Waals surface area contributed by atoms with Gasteiger partial charge in [0.1, 0.15) is 16.7 Å². The molecule has 0 spiro atoms. The van der Waals surface area contributed by atoms with Crippen LogP contribution in [0.1, 0.15) is 50.3 Å². The molecule has 1 aromatic carbocycles. The zero-order valence-corrected chi connectivity index (χ0v) is 19.0. The summed E-state index contributed by atoms with van der Waals surface area (Å²) >= 11 is 6.37. The van der Waals surface area contributed by atoms with Crippen LogP contribution in [0.15, 0.2) is 29.2 Å². The number of hydrogen-bond donors (Lipinski definition) is 1. The second kappa shape index (κ2) is 10.3. The van der Waals surface area contributed by atoms with Crippen molar-refractivity contribution >= 4 is 17.3 Å². The van der Waals surface area contributed by atoms with E-state index < -0.39 is 11.6 Å². The fourth-order valence-corrected chi connectivity index (χ4v) is 4.86. The number of halogens is 3. The van der Waals surface area contributed by atoms with E-state index in [1.54, 1.807) is 13.1 Å². The van der Waals surface area contributed by atoms with E-state index in [0.717, 1.165) is 19.4 Å².